The van der Waals surface area contributed by atoms with E-state index >= 15 is 0 Å². The SMILES string of the molecule is C=Cc1ccc(C(C)(C)CC(C)(C)NC(C)=O)cc1C=C.CC. The number of carbonyl (C=O) groups is 1. The molecule has 1 rings (SSSR count). The van der Waals surface area contributed by atoms with Gasteiger partial charge < -0.3 is 5.32 Å². The molecule has 2 heteroatoms. The van der Waals surface area contributed by atoms with E-state index in [1.54, 1.807) is 6.92 Å². The second kappa shape index (κ2) is 8.71. The standard InChI is InChI=1S/C19H27NO.C2H6/c1-8-15-10-11-17(12-16(15)9-2)18(4,5)13-19(6,7)20-14(3)21;1-2/h8-12H,1-2,13H2,3-7H3,(H,20,21);1-2H3. The average molecular weight is 316 g/mol. The monoisotopic (exact) mass is 315 g/mol. The lowest BCUT2D eigenvalue weighted by atomic mass is 9.74. The smallest absolute Gasteiger partial charge is 0.217 e. The summed E-state index contributed by atoms with van der Waals surface area (Å²) in [7, 11) is 0. The van der Waals surface area contributed by atoms with E-state index in [-0.39, 0.29) is 16.9 Å². The van der Waals surface area contributed by atoms with Gasteiger partial charge in [-0.15, -0.1) is 0 Å². The molecule has 0 bridgehead atoms. The third kappa shape index (κ3) is 6.43. The summed E-state index contributed by atoms with van der Waals surface area (Å²) in [5.41, 5.74) is 3.12. The number of hydrogen-bond acceptors (Lipinski definition) is 1. The molecule has 128 valence electrons. The zero-order valence-electron chi connectivity index (χ0n) is 15.9. The molecule has 1 aromatic rings. The summed E-state index contributed by atoms with van der Waals surface area (Å²) in [6.07, 6.45) is 4.55. The van der Waals surface area contributed by atoms with E-state index in [4.69, 9.17) is 0 Å². The maximum absolute atomic E-state index is 11.3. The van der Waals surface area contributed by atoms with Gasteiger partial charge in [0.1, 0.15) is 0 Å². The van der Waals surface area contributed by atoms with E-state index < -0.39 is 0 Å². The lowest BCUT2D eigenvalue weighted by Gasteiger charge is -2.36. The predicted molar refractivity (Wildman–Crippen MR) is 104 cm³/mol. The van der Waals surface area contributed by atoms with E-state index in [1.807, 2.05) is 26.0 Å². The molecule has 0 aliphatic carbocycles. The average Bonchev–Trinajstić information content (AvgIpc) is 2.45. The van der Waals surface area contributed by atoms with Crippen molar-refractivity contribution >= 4 is 18.1 Å². The fourth-order valence-electron chi connectivity index (χ4n) is 3.09. The van der Waals surface area contributed by atoms with Gasteiger partial charge in [0.25, 0.3) is 0 Å². The second-order valence-electron chi connectivity index (χ2n) is 6.88. The molecule has 0 aromatic heterocycles. The molecule has 2 nitrogen and oxygen atoms in total. The number of carbonyl (C=O) groups excluding carboxylic acids is 1. The minimum absolute atomic E-state index is 0.00425. The first-order valence-electron chi connectivity index (χ1n) is 8.29. The van der Waals surface area contributed by atoms with Crippen LogP contribution in [-0.4, -0.2) is 11.4 Å². The highest BCUT2D eigenvalue weighted by molar-refractivity contribution is 5.73. The molecule has 0 aliphatic rings. The van der Waals surface area contributed by atoms with Crippen LogP contribution < -0.4 is 5.32 Å². The molecule has 23 heavy (non-hydrogen) atoms. The first-order valence-corrected chi connectivity index (χ1v) is 8.29. The van der Waals surface area contributed by atoms with Crippen LogP contribution in [0.4, 0.5) is 0 Å². The summed E-state index contributed by atoms with van der Waals surface area (Å²) in [4.78, 5) is 11.3. The summed E-state index contributed by atoms with van der Waals surface area (Å²) < 4.78 is 0. The number of nitrogens with one attached hydrogen (secondary N) is 1. The van der Waals surface area contributed by atoms with E-state index in [2.05, 4.69) is 64.4 Å². The molecule has 1 aromatic carbocycles. The molecule has 0 saturated carbocycles. The van der Waals surface area contributed by atoms with Crippen molar-refractivity contribution in [2.24, 2.45) is 0 Å². The fraction of sp³-hybridized carbons (Fsp3) is 0.476. The van der Waals surface area contributed by atoms with Crippen LogP contribution in [-0.2, 0) is 10.2 Å². The van der Waals surface area contributed by atoms with Crippen molar-refractivity contribution in [3.05, 3.63) is 48.0 Å². The molecular formula is C21H33NO. The lowest BCUT2D eigenvalue weighted by molar-refractivity contribution is -0.120. The van der Waals surface area contributed by atoms with Crippen molar-refractivity contribution in [1.82, 2.24) is 5.32 Å². The van der Waals surface area contributed by atoms with Gasteiger partial charge in [0.05, 0.1) is 0 Å². The molecule has 0 aliphatic heterocycles. The molecule has 0 unspecified atom stereocenters. The van der Waals surface area contributed by atoms with Crippen LogP contribution in [0.15, 0.2) is 31.4 Å². The van der Waals surface area contributed by atoms with Crippen LogP contribution in [0.2, 0.25) is 0 Å². The zero-order chi connectivity index (χ0) is 18.3. The maximum atomic E-state index is 11.3. The van der Waals surface area contributed by atoms with Gasteiger partial charge in [-0.1, -0.05) is 71.2 Å². The number of benzene rings is 1. The zero-order valence-corrected chi connectivity index (χ0v) is 15.9. The Bertz CT molecular complexity index is 553. The Morgan fingerprint density at radius 3 is 2.04 bits per heavy atom. The topological polar surface area (TPSA) is 29.1 Å². The van der Waals surface area contributed by atoms with Gasteiger partial charge in [0.15, 0.2) is 0 Å². The molecule has 0 radical (unpaired) electrons. The number of hydrogen-bond donors (Lipinski definition) is 1. The van der Waals surface area contributed by atoms with E-state index in [1.165, 1.54) is 5.56 Å². The Kier molecular flexibility index (Phi) is 8.02. The normalized spacial score (nSPS) is 11.1. The Balaban J connectivity index is 0.00000232. The van der Waals surface area contributed by atoms with Gasteiger partial charge in [0, 0.05) is 12.5 Å². The minimum atomic E-state index is -0.249. The Morgan fingerprint density at radius 1 is 1.09 bits per heavy atom. The Morgan fingerprint density at radius 2 is 1.61 bits per heavy atom. The van der Waals surface area contributed by atoms with E-state index in [0.717, 1.165) is 17.5 Å². The summed E-state index contributed by atoms with van der Waals surface area (Å²) in [5.74, 6) is 0.00425. The van der Waals surface area contributed by atoms with Gasteiger partial charge in [0.2, 0.25) is 5.91 Å². The maximum Gasteiger partial charge on any atom is 0.217 e. The van der Waals surface area contributed by atoms with Crippen LogP contribution in [0.5, 0.6) is 0 Å². The Labute approximate surface area is 142 Å². The first kappa shape index (κ1) is 21.2. The van der Waals surface area contributed by atoms with E-state index in [9.17, 15) is 4.79 Å². The molecule has 1 amide bonds. The highest BCUT2D eigenvalue weighted by Crippen LogP contribution is 2.33. The van der Waals surface area contributed by atoms with Crippen LogP contribution in [0, 0.1) is 0 Å². The number of amides is 1. The molecule has 0 heterocycles. The second-order valence-corrected chi connectivity index (χ2v) is 6.88. The van der Waals surface area contributed by atoms with Crippen molar-refractivity contribution < 1.29 is 4.79 Å². The van der Waals surface area contributed by atoms with Crippen LogP contribution in [0.1, 0.15) is 71.6 Å². The highest BCUT2D eigenvalue weighted by Gasteiger charge is 2.30. The molecule has 0 saturated heterocycles. The largest absolute Gasteiger partial charge is 0.351 e. The first-order chi connectivity index (χ1) is 10.6. The Hall–Kier alpha value is -1.83. The van der Waals surface area contributed by atoms with Gasteiger partial charge in [-0.25, -0.2) is 0 Å². The van der Waals surface area contributed by atoms with Gasteiger partial charge in [-0.05, 0) is 42.4 Å². The summed E-state index contributed by atoms with van der Waals surface area (Å²) in [5, 5.41) is 3.02. The third-order valence-corrected chi connectivity index (χ3v) is 3.71. The molecule has 0 spiro atoms. The molecule has 0 fully saturated rings. The lowest BCUT2D eigenvalue weighted by Crippen LogP contribution is -2.46. The summed E-state index contributed by atoms with van der Waals surface area (Å²) in [6.45, 7) is 21.8. The number of rotatable bonds is 6. The van der Waals surface area contributed by atoms with Crippen molar-refractivity contribution in [2.45, 2.75) is 65.8 Å². The van der Waals surface area contributed by atoms with Crippen molar-refractivity contribution in [1.29, 1.82) is 0 Å². The van der Waals surface area contributed by atoms with Crippen LogP contribution in [0.3, 0.4) is 0 Å². The van der Waals surface area contributed by atoms with Crippen molar-refractivity contribution in [3.8, 4) is 0 Å². The fourth-order valence-corrected chi connectivity index (χ4v) is 3.09. The summed E-state index contributed by atoms with van der Waals surface area (Å²) >= 11 is 0. The van der Waals surface area contributed by atoms with Crippen LogP contribution in [0.25, 0.3) is 12.2 Å². The van der Waals surface area contributed by atoms with Crippen molar-refractivity contribution in [2.75, 3.05) is 0 Å². The molecular weight excluding hydrogens is 282 g/mol. The van der Waals surface area contributed by atoms with Gasteiger partial charge >= 0.3 is 0 Å². The highest BCUT2D eigenvalue weighted by atomic mass is 16.1. The molecule has 0 atom stereocenters. The minimum Gasteiger partial charge on any atom is -0.351 e. The molecule has 1 N–H and O–H groups in total. The predicted octanol–water partition coefficient (Wildman–Crippen LogP) is 5.58. The van der Waals surface area contributed by atoms with E-state index in [0.29, 0.717) is 0 Å². The quantitative estimate of drug-likeness (QED) is 0.729. The van der Waals surface area contributed by atoms with Gasteiger partial charge in [-0.2, -0.15) is 0 Å². The third-order valence-electron chi connectivity index (χ3n) is 3.71. The summed E-state index contributed by atoms with van der Waals surface area (Å²) in [6, 6.07) is 6.37. The van der Waals surface area contributed by atoms with Crippen LogP contribution >= 0.6 is 0 Å². The van der Waals surface area contributed by atoms with Crippen molar-refractivity contribution in [3.63, 3.8) is 0 Å². The van der Waals surface area contributed by atoms with Gasteiger partial charge in [-0.3, -0.25) is 4.79 Å².